The average molecular weight is 414 g/mol. The first kappa shape index (κ1) is 22.7. The first-order valence-corrected chi connectivity index (χ1v) is 9.24. The van der Waals surface area contributed by atoms with Gasteiger partial charge in [0.2, 0.25) is 0 Å². The average Bonchev–Trinajstić information content (AvgIpc) is 2.46. The third-order valence-electron chi connectivity index (χ3n) is 3.93. The Morgan fingerprint density at radius 2 is 1.66 bits per heavy atom. The van der Waals surface area contributed by atoms with Crippen molar-refractivity contribution in [2.75, 3.05) is 13.1 Å². The second kappa shape index (κ2) is 8.04. The van der Waals surface area contributed by atoms with Gasteiger partial charge in [0.25, 0.3) is 0 Å². The van der Waals surface area contributed by atoms with Crippen LogP contribution in [0.2, 0.25) is 0 Å². The summed E-state index contributed by atoms with van der Waals surface area (Å²) in [7, 11) is 0. The maximum atomic E-state index is 12.6. The number of benzene rings is 1. The Hall–Kier alpha value is -2.58. The molecule has 2 rings (SSSR count). The number of halogens is 2. The largest absolute Gasteiger partial charge is 0.444 e. The molecule has 0 radical (unpaired) electrons. The van der Waals surface area contributed by atoms with Crippen molar-refractivity contribution in [1.82, 2.24) is 10.2 Å². The van der Waals surface area contributed by atoms with E-state index < -0.39 is 35.5 Å². The van der Waals surface area contributed by atoms with Gasteiger partial charge in [-0.05, 0) is 59.2 Å². The molecular weight excluding hydrogens is 386 g/mol. The van der Waals surface area contributed by atoms with E-state index in [1.54, 1.807) is 53.7 Å². The molecule has 0 aromatic heterocycles. The molecule has 1 heterocycles. The monoisotopic (exact) mass is 414 g/mol. The first-order valence-electron chi connectivity index (χ1n) is 9.24. The second-order valence-corrected chi connectivity index (χ2v) is 8.95. The van der Waals surface area contributed by atoms with Crippen molar-refractivity contribution in [3.63, 3.8) is 0 Å². The van der Waals surface area contributed by atoms with Crippen molar-refractivity contribution in [3.05, 3.63) is 29.8 Å². The highest BCUT2D eigenvalue weighted by Gasteiger charge is 2.49. The van der Waals surface area contributed by atoms with Gasteiger partial charge >= 0.3 is 18.8 Å². The molecule has 0 unspecified atom stereocenters. The number of hydrogen-bond donors (Lipinski definition) is 1. The van der Waals surface area contributed by atoms with Crippen LogP contribution in [0, 0.1) is 0 Å². The topological polar surface area (TPSA) is 77.1 Å². The minimum Gasteiger partial charge on any atom is -0.444 e. The highest BCUT2D eigenvalue weighted by Crippen LogP contribution is 2.35. The Morgan fingerprint density at radius 1 is 1.07 bits per heavy atom. The van der Waals surface area contributed by atoms with E-state index in [0.29, 0.717) is 5.56 Å². The summed E-state index contributed by atoms with van der Waals surface area (Å²) in [6.45, 7) is 7.66. The fourth-order valence-electron chi connectivity index (χ4n) is 2.86. The van der Waals surface area contributed by atoms with Gasteiger partial charge in [-0.15, -0.1) is 0 Å². The molecule has 0 aliphatic carbocycles. The normalized spacial score (nSPS) is 16.1. The maximum Gasteiger partial charge on any atom is 0.410 e. The molecule has 1 aromatic rings. The van der Waals surface area contributed by atoms with Gasteiger partial charge in [0, 0.05) is 0 Å². The zero-order chi connectivity index (χ0) is 22.0. The van der Waals surface area contributed by atoms with Crippen molar-refractivity contribution in [2.24, 2.45) is 0 Å². The Kier molecular flexibility index (Phi) is 6.30. The zero-order valence-corrected chi connectivity index (χ0v) is 17.5. The van der Waals surface area contributed by atoms with E-state index in [-0.39, 0.29) is 18.8 Å². The van der Waals surface area contributed by atoms with Crippen LogP contribution in [-0.4, -0.2) is 48.0 Å². The summed E-state index contributed by atoms with van der Waals surface area (Å²) >= 11 is 0. The van der Waals surface area contributed by atoms with Gasteiger partial charge in [-0.1, -0.05) is 12.1 Å². The molecule has 2 amide bonds. The third-order valence-corrected chi connectivity index (χ3v) is 3.93. The standard InChI is InChI=1S/C20H28F2N2O5/c1-18(2,3)28-16(25)23-20(11-24(12-20)17(26)29-19(4,5)6)13-8-7-9-14(10-13)27-15(21)22/h7-10,15H,11-12H2,1-6H3,(H,23,25). The Bertz CT molecular complexity index is 750. The second-order valence-electron chi connectivity index (χ2n) is 8.95. The van der Waals surface area contributed by atoms with E-state index in [1.165, 1.54) is 17.0 Å². The molecule has 0 atom stereocenters. The molecule has 0 saturated carbocycles. The zero-order valence-electron chi connectivity index (χ0n) is 17.5. The predicted octanol–water partition coefficient (Wildman–Crippen LogP) is 4.26. The molecule has 1 N–H and O–H groups in total. The molecule has 29 heavy (non-hydrogen) atoms. The minimum absolute atomic E-state index is 0.0430. The number of amides is 2. The first-order chi connectivity index (χ1) is 13.2. The summed E-state index contributed by atoms with van der Waals surface area (Å²) in [4.78, 5) is 26.1. The number of hydrogen-bond acceptors (Lipinski definition) is 5. The lowest BCUT2D eigenvalue weighted by Crippen LogP contribution is -2.69. The Labute approximate surface area is 169 Å². The molecule has 9 heteroatoms. The number of carbonyl (C=O) groups excluding carboxylic acids is 2. The van der Waals surface area contributed by atoms with Crippen LogP contribution in [0.4, 0.5) is 18.4 Å². The highest BCUT2D eigenvalue weighted by molar-refractivity contribution is 5.73. The van der Waals surface area contributed by atoms with Crippen LogP contribution in [0.1, 0.15) is 47.1 Å². The van der Waals surface area contributed by atoms with Crippen LogP contribution in [0.15, 0.2) is 24.3 Å². The molecule has 0 spiro atoms. The van der Waals surface area contributed by atoms with E-state index in [0.717, 1.165) is 0 Å². The quantitative estimate of drug-likeness (QED) is 0.797. The SMILES string of the molecule is CC(C)(C)OC(=O)NC1(c2cccc(OC(F)F)c2)CN(C(=O)OC(C)(C)C)C1. The van der Waals surface area contributed by atoms with Crippen molar-refractivity contribution < 1.29 is 32.6 Å². The van der Waals surface area contributed by atoms with Crippen LogP contribution in [-0.2, 0) is 15.0 Å². The number of carbonyl (C=O) groups is 2. The number of nitrogens with one attached hydrogen (secondary N) is 1. The van der Waals surface area contributed by atoms with Gasteiger partial charge in [0.15, 0.2) is 0 Å². The minimum atomic E-state index is -2.97. The molecule has 1 aliphatic heterocycles. The van der Waals surface area contributed by atoms with Crippen molar-refractivity contribution >= 4 is 12.2 Å². The molecular formula is C20H28F2N2O5. The fourth-order valence-corrected chi connectivity index (χ4v) is 2.86. The lowest BCUT2D eigenvalue weighted by atomic mass is 9.82. The molecule has 1 aliphatic rings. The van der Waals surface area contributed by atoms with Crippen LogP contribution < -0.4 is 10.1 Å². The van der Waals surface area contributed by atoms with Crippen LogP contribution in [0.5, 0.6) is 5.75 Å². The number of alkyl halides is 2. The van der Waals surface area contributed by atoms with E-state index in [4.69, 9.17) is 9.47 Å². The molecule has 1 fully saturated rings. The van der Waals surface area contributed by atoms with Gasteiger partial charge in [-0.25, -0.2) is 9.59 Å². The van der Waals surface area contributed by atoms with Crippen LogP contribution in [0.25, 0.3) is 0 Å². The number of likely N-dealkylation sites (tertiary alicyclic amines) is 1. The molecule has 1 aromatic carbocycles. The van der Waals surface area contributed by atoms with Crippen LogP contribution in [0.3, 0.4) is 0 Å². The summed E-state index contributed by atoms with van der Waals surface area (Å²) in [6, 6.07) is 6.01. The van der Waals surface area contributed by atoms with E-state index in [1.807, 2.05) is 0 Å². The summed E-state index contributed by atoms with van der Waals surface area (Å²) in [5.74, 6) is -0.0430. The lowest BCUT2D eigenvalue weighted by molar-refractivity contribution is -0.0502. The Morgan fingerprint density at radius 3 is 2.17 bits per heavy atom. The Balaban J connectivity index is 2.24. The van der Waals surface area contributed by atoms with Crippen molar-refractivity contribution in [2.45, 2.75) is 64.9 Å². The van der Waals surface area contributed by atoms with Gasteiger partial charge in [0.05, 0.1) is 13.1 Å². The molecule has 0 bridgehead atoms. The fraction of sp³-hybridized carbons (Fsp3) is 0.600. The molecule has 1 saturated heterocycles. The summed E-state index contributed by atoms with van der Waals surface area (Å²) in [5.41, 5.74) is -1.89. The van der Waals surface area contributed by atoms with Crippen molar-refractivity contribution in [1.29, 1.82) is 0 Å². The third kappa shape index (κ3) is 6.47. The van der Waals surface area contributed by atoms with Gasteiger partial charge < -0.3 is 24.4 Å². The number of rotatable bonds is 4. The number of alkyl carbamates (subject to hydrolysis) is 1. The van der Waals surface area contributed by atoms with E-state index in [9.17, 15) is 18.4 Å². The van der Waals surface area contributed by atoms with Gasteiger partial charge in [-0.3, -0.25) is 0 Å². The lowest BCUT2D eigenvalue weighted by Gasteiger charge is -2.50. The predicted molar refractivity (Wildman–Crippen MR) is 102 cm³/mol. The number of nitrogens with zero attached hydrogens (tertiary/aromatic N) is 1. The smallest absolute Gasteiger partial charge is 0.410 e. The summed E-state index contributed by atoms with van der Waals surface area (Å²) in [5, 5.41) is 2.78. The van der Waals surface area contributed by atoms with E-state index >= 15 is 0 Å². The summed E-state index contributed by atoms with van der Waals surface area (Å²) in [6.07, 6.45) is -1.21. The van der Waals surface area contributed by atoms with E-state index in [2.05, 4.69) is 10.1 Å². The molecule has 7 nitrogen and oxygen atoms in total. The van der Waals surface area contributed by atoms with Gasteiger partial charge in [-0.2, -0.15) is 8.78 Å². The molecule has 162 valence electrons. The van der Waals surface area contributed by atoms with Crippen molar-refractivity contribution in [3.8, 4) is 5.75 Å². The van der Waals surface area contributed by atoms with Crippen LogP contribution >= 0.6 is 0 Å². The number of ether oxygens (including phenoxy) is 3. The maximum absolute atomic E-state index is 12.6. The summed E-state index contributed by atoms with van der Waals surface area (Å²) < 4.78 is 40.3. The van der Waals surface area contributed by atoms with Gasteiger partial charge in [0.1, 0.15) is 22.5 Å². The highest BCUT2D eigenvalue weighted by atomic mass is 19.3.